The van der Waals surface area contributed by atoms with Gasteiger partial charge in [0.05, 0.1) is 13.2 Å². The Morgan fingerprint density at radius 2 is 1.04 bits per heavy atom. The molecule has 2 unspecified atom stereocenters. The average Bonchev–Trinajstić information content (AvgIpc) is 2.56. The van der Waals surface area contributed by atoms with Gasteiger partial charge in [0.15, 0.2) is 0 Å². The summed E-state index contributed by atoms with van der Waals surface area (Å²) in [6.07, 6.45) is -3.84. The SMILES string of the molecule is C=C(C)C(=O)OCC(O)CO.C=C(C)C(=O)OCC(O)CO.O=C(O)O. The Morgan fingerprint density at radius 3 is 1.19 bits per heavy atom. The van der Waals surface area contributed by atoms with Crippen LogP contribution >= 0.6 is 0 Å². The van der Waals surface area contributed by atoms with Crippen LogP contribution in [0.1, 0.15) is 13.8 Å². The van der Waals surface area contributed by atoms with E-state index in [4.69, 9.17) is 35.4 Å². The van der Waals surface area contributed by atoms with E-state index in [9.17, 15) is 9.59 Å². The molecular formula is C15H26O11. The molecule has 0 aromatic rings. The topological polar surface area (TPSA) is 191 Å². The first-order valence-electron chi connectivity index (χ1n) is 7.03. The van der Waals surface area contributed by atoms with Gasteiger partial charge in [0, 0.05) is 11.1 Å². The Bertz CT molecular complexity index is 419. The molecule has 0 radical (unpaired) electrons. The van der Waals surface area contributed by atoms with E-state index in [1.54, 1.807) is 0 Å². The lowest BCUT2D eigenvalue weighted by Crippen LogP contribution is -2.22. The van der Waals surface area contributed by atoms with Crippen LogP contribution in [0.4, 0.5) is 4.79 Å². The van der Waals surface area contributed by atoms with Crippen LogP contribution in [0, 0.1) is 0 Å². The van der Waals surface area contributed by atoms with Gasteiger partial charge in [-0.05, 0) is 13.8 Å². The first kappa shape index (κ1) is 28.3. The Kier molecular flexibility index (Phi) is 18.9. The molecule has 0 saturated heterocycles. The highest BCUT2D eigenvalue weighted by molar-refractivity contribution is 5.87. The van der Waals surface area contributed by atoms with E-state index in [-0.39, 0.29) is 24.4 Å². The number of hydrogen-bond donors (Lipinski definition) is 6. The second-order valence-electron chi connectivity index (χ2n) is 4.71. The number of carboxylic acid groups (broad SMARTS) is 2. The molecule has 0 aliphatic rings. The summed E-state index contributed by atoms with van der Waals surface area (Å²) in [4.78, 5) is 29.9. The Hall–Kier alpha value is -2.47. The van der Waals surface area contributed by atoms with Crippen LogP contribution in [-0.2, 0) is 19.1 Å². The molecule has 0 aromatic heterocycles. The lowest BCUT2D eigenvalue weighted by molar-refractivity contribution is -0.143. The lowest BCUT2D eigenvalue weighted by atomic mass is 10.3. The summed E-state index contributed by atoms with van der Waals surface area (Å²) in [7, 11) is 0. The molecule has 0 aliphatic carbocycles. The molecule has 0 aliphatic heterocycles. The fraction of sp³-hybridized carbons (Fsp3) is 0.533. The molecule has 152 valence electrons. The van der Waals surface area contributed by atoms with Gasteiger partial charge in [0.1, 0.15) is 25.4 Å². The molecule has 0 amide bonds. The van der Waals surface area contributed by atoms with Crippen molar-refractivity contribution in [2.24, 2.45) is 0 Å². The number of rotatable bonds is 8. The van der Waals surface area contributed by atoms with E-state index in [0.29, 0.717) is 0 Å². The molecule has 2 atom stereocenters. The number of hydrogen-bond acceptors (Lipinski definition) is 9. The second kappa shape index (κ2) is 17.4. The van der Waals surface area contributed by atoms with Crippen LogP contribution in [-0.4, -0.2) is 87.4 Å². The van der Waals surface area contributed by atoms with Gasteiger partial charge in [0.2, 0.25) is 0 Å². The van der Waals surface area contributed by atoms with E-state index in [0.717, 1.165) is 0 Å². The molecule has 6 N–H and O–H groups in total. The van der Waals surface area contributed by atoms with E-state index >= 15 is 0 Å². The highest BCUT2D eigenvalue weighted by Gasteiger charge is 2.08. The molecule has 0 rings (SSSR count). The zero-order chi connectivity index (χ0) is 21.3. The zero-order valence-corrected chi connectivity index (χ0v) is 14.6. The predicted molar refractivity (Wildman–Crippen MR) is 88.4 cm³/mol. The van der Waals surface area contributed by atoms with Gasteiger partial charge in [-0.2, -0.15) is 0 Å². The third-order valence-electron chi connectivity index (χ3n) is 1.93. The third kappa shape index (κ3) is 23.8. The highest BCUT2D eigenvalue weighted by atomic mass is 16.6. The normalized spacial score (nSPS) is 11.3. The lowest BCUT2D eigenvalue weighted by Gasteiger charge is -2.07. The molecule has 0 spiro atoms. The number of aliphatic hydroxyl groups excluding tert-OH is 4. The first-order valence-corrected chi connectivity index (χ1v) is 7.03. The molecule has 0 aromatic carbocycles. The summed E-state index contributed by atoms with van der Waals surface area (Å²) in [6.45, 7) is 8.48. The van der Waals surface area contributed by atoms with Crippen molar-refractivity contribution in [3.05, 3.63) is 24.3 Å². The van der Waals surface area contributed by atoms with Crippen LogP contribution in [0.15, 0.2) is 24.3 Å². The van der Waals surface area contributed by atoms with Crippen LogP contribution < -0.4 is 0 Å². The summed E-state index contributed by atoms with van der Waals surface area (Å²) >= 11 is 0. The van der Waals surface area contributed by atoms with E-state index < -0.39 is 43.5 Å². The van der Waals surface area contributed by atoms with Gasteiger partial charge >= 0.3 is 18.1 Å². The molecule has 0 heterocycles. The molecular weight excluding hydrogens is 356 g/mol. The first-order chi connectivity index (χ1) is 11.9. The zero-order valence-electron chi connectivity index (χ0n) is 14.6. The molecule has 11 heteroatoms. The number of carbonyl (C=O) groups excluding carboxylic acids is 2. The standard InChI is InChI=1S/2C7H12O4.CH2O3/c2*1-5(2)7(10)11-4-6(9)3-8;2-1(3)4/h2*6,8-9H,1,3-4H2,2H3;(H2,2,3,4). The fourth-order valence-electron chi connectivity index (χ4n) is 0.696. The van der Waals surface area contributed by atoms with Gasteiger partial charge < -0.3 is 40.1 Å². The summed E-state index contributed by atoms with van der Waals surface area (Å²) < 4.78 is 9.02. The number of esters is 2. The van der Waals surface area contributed by atoms with Gasteiger partial charge in [-0.3, -0.25) is 0 Å². The van der Waals surface area contributed by atoms with E-state index in [1.807, 2.05) is 0 Å². The van der Waals surface area contributed by atoms with Crippen molar-refractivity contribution in [3.63, 3.8) is 0 Å². The van der Waals surface area contributed by atoms with Crippen LogP contribution in [0.5, 0.6) is 0 Å². The predicted octanol–water partition coefficient (Wildman–Crippen LogP) is -0.860. The molecule has 0 saturated carbocycles. The van der Waals surface area contributed by atoms with Crippen molar-refractivity contribution >= 4 is 18.1 Å². The van der Waals surface area contributed by atoms with E-state index in [2.05, 4.69) is 22.6 Å². The smallest absolute Gasteiger partial charge is 0.460 e. The second-order valence-corrected chi connectivity index (χ2v) is 4.71. The monoisotopic (exact) mass is 382 g/mol. The van der Waals surface area contributed by atoms with Crippen LogP contribution in [0.3, 0.4) is 0 Å². The number of carbonyl (C=O) groups is 3. The van der Waals surface area contributed by atoms with E-state index in [1.165, 1.54) is 13.8 Å². The van der Waals surface area contributed by atoms with Gasteiger partial charge in [0.25, 0.3) is 0 Å². The minimum absolute atomic E-state index is 0.192. The van der Waals surface area contributed by atoms with Gasteiger partial charge in [-0.1, -0.05) is 13.2 Å². The maximum atomic E-state index is 10.6. The summed E-state index contributed by atoms with van der Waals surface area (Å²) in [5, 5.41) is 48.1. The fourth-order valence-corrected chi connectivity index (χ4v) is 0.696. The summed E-state index contributed by atoms with van der Waals surface area (Å²) in [5.74, 6) is -1.12. The Labute approximate surface area is 150 Å². The summed E-state index contributed by atoms with van der Waals surface area (Å²) in [6, 6.07) is 0. The van der Waals surface area contributed by atoms with Crippen molar-refractivity contribution < 1.29 is 54.5 Å². The van der Waals surface area contributed by atoms with Crippen molar-refractivity contribution in [3.8, 4) is 0 Å². The molecule has 26 heavy (non-hydrogen) atoms. The molecule has 0 bridgehead atoms. The highest BCUT2D eigenvalue weighted by Crippen LogP contribution is 1.94. The van der Waals surface area contributed by atoms with Crippen molar-refractivity contribution in [2.75, 3.05) is 26.4 Å². The summed E-state index contributed by atoms with van der Waals surface area (Å²) in [5.41, 5.74) is 0.547. The minimum Gasteiger partial charge on any atom is -0.460 e. The quantitative estimate of drug-likeness (QED) is 0.226. The van der Waals surface area contributed by atoms with Crippen LogP contribution in [0.2, 0.25) is 0 Å². The van der Waals surface area contributed by atoms with Crippen LogP contribution in [0.25, 0.3) is 0 Å². The minimum atomic E-state index is -1.83. The largest absolute Gasteiger partial charge is 0.503 e. The van der Waals surface area contributed by atoms with Gasteiger partial charge in [-0.25, -0.2) is 14.4 Å². The van der Waals surface area contributed by atoms with Gasteiger partial charge in [-0.15, -0.1) is 0 Å². The third-order valence-corrected chi connectivity index (χ3v) is 1.93. The molecule has 11 nitrogen and oxygen atoms in total. The number of ether oxygens (including phenoxy) is 2. The Morgan fingerprint density at radius 1 is 0.808 bits per heavy atom. The maximum Gasteiger partial charge on any atom is 0.503 e. The average molecular weight is 382 g/mol. The van der Waals surface area contributed by atoms with Crippen molar-refractivity contribution in [1.82, 2.24) is 0 Å². The Balaban J connectivity index is -0.000000338. The van der Waals surface area contributed by atoms with Crippen molar-refractivity contribution in [2.45, 2.75) is 26.1 Å². The van der Waals surface area contributed by atoms with Crippen molar-refractivity contribution in [1.29, 1.82) is 0 Å². The molecule has 0 fully saturated rings. The number of aliphatic hydroxyl groups is 4. The maximum absolute atomic E-state index is 10.6.